The minimum absolute atomic E-state index is 0.148. The molecule has 0 aliphatic carbocycles. The number of benzene rings is 2. The van der Waals surface area contributed by atoms with Crippen molar-refractivity contribution in [3.05, 3.63) is 47.3 Å². The zero-order valence-electron chi connectivity index (χ0n) is 22.2. The molecule has 1 amide bonds. The average molecular weight is 523 g/mol. The van der Waals surface area contributed by atoms with Crippen LogP contribution in [0, 0.1) is 6.92 Å². The number of ether oxygens (including phenoxy) is 2. The molecule has 8 heteroatoms. The molecule has 0 spiro atoms. The van der Waals surface area contributed by atoms with Gasteiger partial charge in [0.1, 0.15) is 0 Å². The monoisotopic (exact) mass is 522 g/mol. The van der Waals surface area contributed by atoms with Crippen LogP contribution in [0.2, 0.25) is 0 Å². The van der Waals surface area contributed by atoms with E-state index in [1.165, 1.54) is 15.8 Å². The van der Waals surface area contributed by atoms with Gasteiger partial charge in [-0.15, -0.1) is 11.3 Å². The van der Waals surface area contributed by atoms with Crippen LogP contribution in [0.15, 0.2) is 41.8 Å². The third-order valence-corrected chi connectivity index (χ3v) is 8.47. The highest BCUT2D eigenvalue weighted by Gasteiger charge is 2.22. The van der Waals surface area contributed by atoms with E-state index in [1.807, 2.05) is 16.2 Å². The van der Waals surface area contributed by atoms with E-state index >= 15 is 0 Å². The molecule has 0 saturated carbocycles. The maximum Gasteiger partial charge on any atom is 0.219 e. The number of nitrogens with zero attached hydrogens (tertiary/aromatic N) is 4. The van der Waals surface area contributed by atoms with Crippen molar-refractivity contribution in [2.45, 2.75) is 20.3 Å². The van der Waals surface area contributed by atoms with Crippen LogP contribution >= 0.6 is 11.3 Å². The SMILES string of the molecule is COc1cc(N2CCN(C(C)=O)CC2)cc(C)c1OCCCN1CCN(c2cccc3sccc23)CC1. The summed E-state index contributed by atoms with van der Waals surface area (Å²) in [6.45, 7) is 12.9. The van der Waals surface area contributed by atoms with Crippen LogP contribution in [0.5, 0.6) is 11.5 Å². The number of amides is 1. The van der Waals surface area contributed by atoms with Crippen LogP contribution in [0.4, 0.5) is 11.4 Å². The van der Waals surface area contributed by atoms with Crippen molar-refractivity contribution in [1.29, 1.82) is 0 Å². The fourth-order valence-electron chi connectivity index (χ4n) is 5.45. The van der Waals surface area contributed by atoms with Crippen LogP contribution < -0.4 is 19.3 Å². The first-order valence-electron chi connectivity index (χ1n) is 13.3. The van der Waals surface area contributed by atoms with E-state index < -0.39 is 0 Å². The summed E-state index contributed by atoms with van der Waals surface area (Å²) in [4.78, 5) is 20.9. The molecule has 0 atom stereocenters. The first-order chi connectivity index (χ1) is 18.0. The van der Waals surface area contributed by atoms with Gasteiger partial charge in [0.25, 0.3) is 0 Å². The van der Waals surface area contributed by atoms with Crippen molar-refractivity contribution in [3.8, 4) is 11.5 Å². The third kappa shape index (κ3) is 5.80. The van der Waals surface area contributed by atoms with Crippen LogP contribution in [0.3, 0.4) is 0 Å². The minimum atomic E-state index is 0.148. The van der Waals surface area contributed by atoms with Gasteiger partial charge in [-0.2, -0.15) is 0 Å². The molecular formula is C29H38N4O3S. The Labute approximate surface area is 224 Å². The van der Waals surface area contributed by atoms with E-state index in [1.54, 1.807) is 14.0 Å². The molecule has 2 aromatic carbocycles. The van der Waals surface area contributed by atoms with E-state index in [2.05, 4.69) is 63.4 Å². The van der Waals surface area contributed by atoms with Crippen LogP contribution in [-0.2, 0) is 4.79 Å². The average Bonchev–Trinajstić information content (AvgIpc) is 3.41. The maximum absolute atomic E-state index is 11.6. The number of rotatable bonds is 8. The van der Waals surface area contributed by atoms with Crippen molar-refractivity contribution in [3.63, 3.8) is 0 Å². The standard InChI is InChI=1S/C29H38N4O3S/c1-22-20-24(32-16-14-31(15-17-32)23(2)34)21-27(35-3)29(22)36-18-5-9-30-10-12-33(13-11-30)26-6-4-7-28-25(26)8-19-37-28/h4,6-8,19-21H,5,9-18H2,1-3H3. The summed E-state index contributed by atoms with van der Waals surface area (Å²) >= 11 is 1.81. The van der Waals surface area contributed by atoms with Gasteiger partial charge in [0.2, 0.25) is 5.91 Å². The Bertz CT molecular complexity index is 1210. The maximum atomic E-state index is 11.6. The molecule has 37 heavy (non-hydrogen) atoms. The summed E-state index contributed by atoms with van der Waals surface area (Å²) in [5, 5.41) is 3.56. The number of piperazine rings is 2. The number of carbonyl (C=O) groups excluding carboxylic acids is 1. The van der Waals surface area contributed by atoms with Crippen molar-refractivity contribution >= 4 is 38.7 Å². The first-order valence-corrected chi connectivity index (χ1v) is 14.2. The lowest BCUT2D eigenvalue weighted by atomic mass is 10.1. The minimum Gasteiger partial charge on any atom is -0.493 e. The lowest BCUT2D eigenvalue weighted by Gasteiger charge is -2.36. The van der Waals surface area contributed by atoms with Gasteiger partial charge in [-0.1, -0.05) is 6.07 Å². The van der Waals surface area contributed by atoms with Gasteiger partial charge in [-0.05, 0) is 48.6 Å². The molecule has 2 fully saturated rings. The van der Waals surface area contributed by atoms with Crippen molar-refractivity contribution in [2.24, 2.45) is 0 Å². The molecule has 3 heterocycles. The van der Waals surface area contributed by atoms with Gasteiger partial charge in [-0.25, -0.2) is 0 Å². The number of carbonyl (C=O) groups is 1. The molecule has 5 rings (SSSR count). The highest BCUT2D eigenvalue weighted by atomic mass is 32.1. The van der Waals surface area contributed by atoms with Gasteiger partial charge in [0.15, 0.2) is 11.5 Å². The first kappa shape index (κ1) is 25.7. The van der Waals surface area contributed by atoms with E-state index in [-0.39, 0.29) is 5.91 Å². The molecule has 0 N–H and O–H groups in total. The largest absolute Gasteiger partial charge is 0.493 e. The van der Waals surface area contributed by atoms with Gasteiger partial charge >= 0.3 is 0 Å². The summed E-state index contributed by atoms with van der Waals surface area (Å²) in [5.41, 5.74) is 3.58. The van der Waals surface area contributed by atoms with Crippen LogP contribution in [0.25, 0.3) is 10.1 Å². The molecule has 3 aromatic rings. The second-order valence-corrected chi connectivity index (χ2v) is 10.9. The lowest BCUT2D eigenvalue weighted by molar-refractivity contribution is -0.129. The summed E-state index contributed by atoms with van der Waals surface area (Å²) in [6.07, 6.45) is 0.984. The molecule has 198 valence electrons. The zero-order chi connectivity index (χ0) is 25.8. The molecule has 7 nitrogen and oxygen atoms in total. The summed E-state index contributed by atoms with van der Waals surface area (Å²) in [6, 6.07) is 13.1. The van der Waals surface area contributed by atoms with E-state index in [9.17, 15) is 4.79 Å². The number of anilines is 2. The van der Waals surface area contributed by atoms with Crippen molar-refractivity contribution in [1.82, 2.24) is 9.80 Å². The van der Waals surface area contributed by atoms with E-state index in [0.29, 0.717) is 6.61 Å². The quantitative estimate of drug-likeness (QED) is 0.407. The fraction of sp³-hybridized carbons (Fsp3) is 0.483. The second-order valence-electron chi connectivity index (χ2n) is 9.93. The molecule has 0 unspecified atom stereocenters. The highest BCUT2D eigenvalue weighted by molar-refractivity contribution is 7.17. The molecule has 0 radical (unpaired) electrons. The Morgan fingerprint density at radius 1 is 0.973 bits per heavy atom. The molecule has 2 aliphatic heterocycles. The molecule has 0 bridgehead atoms. The predicted octanol–water partition coefficient (Wildman–Crippen LogP) is 4.48. The Morgan fingerprint density at radius 2 is 1.73 bits per heavy atom. The smallest absolute Gasteiger partial charge is 0.219 e. The predicted molar refractivity (Wildman–Crippen MR) is 153 cm³/mol. The van der Waals surface area contributed by atoms with Crippen LogP contribution in [0.1, 0.15) is 18.9 Å². The Balaban J connectivity index is 1.10. The normalized spacial score (nSPS) is 16.9. The molecule has 1 aromatic heterocycles. The number of hydrogen-bond acceptors (Lipinski definition) is 7. The molecule has 2 aliphatic rings. The van der Waals surface area contributed by atoms with E-state index in [4.69, 9.17) is 9.47 Å². The third-order valence-electron chi connectivity index (χ3n) is 7.59. The number of fused-ring (bicyclic) bond motifs is 1. The van der Waals surface area contributed by atoms with Crippen molar-refractivity contribution < 1.29 is 14.3 Å². The lowest BCUT2D eigenvalue weighted by Crippen LogP contribution is -2.48. The molecule has 2 saturated heterocycles. The van der Waals surface area contributed by atoms with Crippen LogP contribution in [-0.4, -0.2) is 88.3 Å². The Kier molecular flexibility index (Phi) is 8.05. The number of thiophene rings is 1. The number of methoxy groups -OCH3 is 1. The van der Waals surface area contributed by atoms with Gasteiger partial charge in [0.05, 0.1) is 13.7 Å². The second kappa shape index (κ2) is 11.6. The van der Waals surface area contributed by atoms with Gasteiger partial charge < -0.3 is 24.2 Å². The summed E-state index contributed by atoms with van der Waals surface area (Å²) in [5.74, 6) is 1.76. The topological polar surface area (TPSA) is 48.5 Å². The zero-order valence-corrected chi connectivity index (χ0v) is 23.1. The molecular weight excluding hydrogens is 484 g/mol. The number of hydrogen-bond donors (Lipinski definition) is 0. The van der Waals surface area contributed by atoms with E-state index in [0.717, 1.165) is 88.1 Å². The Hall–Kier alpha value is -2.97. The summed E-state index contributed by atoms with van der Waals surface area (Å²) < 4.78 is 13.3. The number of aryl methyl sites for hydroxylation is 1. The highest BCUT2D eigenvalue weighted by Crippen LogP contribution is 2.36. The van der Waals surface area contributed by atoms with Gasteiger partial charge in [-0.3, -0.25) is 9.69 Å². The van der Waals surface area contributed by atoms with Gasteiger partial charge in [0, 0.05) is 93.4 Å². The fourth-order valence-corrected chi connectivity index (χ4v) is 6.26. The van der Waals surface area contributed by atoms with Crippen molar-refractivity contribution in [2.75, 3.05) is 82.4 Å². The Morgan fingerprint density at radius 3 is 2.46 bits per heavy atom. The summed E-state index contributed by atoms with van der Waals surface area (Å²) in [7, 11) is 1.70.